The first-order valence-electron chi connectivity index (χ1n) is 22.9. The molecule has 0 N–H and O–H groups in total. The van der Waals surface area contributed by atoms with Gasteiger partial charge in [0.15, 0.2) is 0 Å². The third-order valence-corrected chi connectivity index (χ3v) is 12.9. The van der Waals surface area contributed by atoms with Crippen LogP contribution in [0.25, 0.3) is 77.9 Å². The molecular formula is C63H43N5. The molecule has 12 aromatic rings. The smallest absolute Gasteiger partial charge is 0.0991 e. The van der Waals surface area contributed by atoms with Crippen LogP contribution in [0.4, 0.5) is 22.7 Å². The summed E-state index contributed by atoms with van der Waals surface area (Å²) in [7, 11) is 0. The molecule has 0 saturated carbocycles. The third kappa shape index (κ3) is 7.33. The molecule has 5 nitrogen and oxygen atoms in total. The average molecular weight is 870 g/mol. The molecule has 0 aliphatic rings. The van der Waals surface area contributed by atoms with E-state index in [2.05, 4.69) is 244 Å². The van der Waals surface area contributed by atoms with Crippen molar-refractivity contribution in [2.75, 3.05) is 9.80 Å². The molecule has 0 saturated heterocycles. The maximum absolute atomic E-state index is 9.43. The first kappa shape index (κ1) is 40.2. The standard InChI is InChI=1S/C63H43N5/c64-44-47-26-31-52(32-27-47)65(50-16-3-1-4-17-50)38-36-45-28-34-62-58(40-45)56-22-9-11-24-60(56)67(62)54-20-13-21-55(43-54)68-61-25-12-10-23-57(61)59-41-46(29-35-63(59)68)37-39-66(51-18-5-2-6-19-51)53-33-30-48-14-7-8-15-49(48)42-53/h1-43H/b38-36+,39-37+. The van der Waals surface area contributed by atoms with Crippen LogP contribution in [0, 0.1) is 11.3 Å². The van der Waals surface area contributed by atoms with Crippen molar-refractivity contribution < 1.29 is 0 Å². The average Bonchev–Trinajstić information content (AvgIpc) is 3.92. The summed E-state index contributed by atoms with van der Waals surface area (Å²) in [6.07, 6.45) is 8.67. The van der Waals surface area contributed by atoms with Gasteiger partial charge < -0.3 is 18.9 Å². The molecule has 0 spiro atoms. The highest BCUT2D eigenvalue weighted by molar-refractivity contribution is 6.11. The molecule has 0 amide bonds. The summed E-state index contributed by atoms with van der Waals surface area (Å²) in [4.78, 5) is 4.41. The SMILES string of the molecule is N#Cc1ccc(N(/C=C/c2ccc3c(c2)c2ccccc2n3-c2cccc(-n3c4ccccc4c4cc(/C=C/N(c5ccccc5)c5ccc6ccccc6c5)ccc43)c2)c2ccccc2)cc1. The molecule has 0 aliphatic heterocycles. The lowest BCUT2D eigenvalue weighted by Crippen LogP contribution is -2.08. The van der Waals surface area contributed by atoms with Crippen LogP contribution in [-0.4, -0.2) is 9.13 Å². The minimum atomic E-state index is 0.635. The minimum absolute atomic E-state index is 0.635. The van der Waals surface area contributed by atoms with Crippen LogP contribution in [0.5, 0.6) is 0 Å². The van der Waals surface area contributed by atoms with Crippen molar-refractivity contribution >= 4 is 89.3 Å². The topological polar surface area (TPSA) is 40.1 Å². The van der Waals surface area contributed by atoms with E-state index < -0.39 is 0 Å². The van der Waals surface area contributed by atoms with Crippen molar-refractivity contribution in [2.45, 2.75) is 0 Å². The van der Waals surface area contributed by atoms with Crippen molar-refractivity contribution in [2.24, 2.45) is 0 Å². The van der Waals surface area contributed by atoms with E-state index in [1.165, 1.54) is 32.3 Å². The normalized spacial score (nSPS) is 11.7. The zero-order valence-corrected chi connectivity index (χ0v) is 37.1. The Balaban J connectivity index is 0.915. The number of hydrogen-bond donors (Lipinski definition) is 0. The van der Waals surface area contributed by atoms with Gasteiger partial charge in [-0.15, -0.1) is 0 Å². The quantitative estimate of drug-likeness (QED) is 0.137. The van der Waals surface area contributed by atoms with Gasteiger partial charge in [-0.2, -0.15) is 5.26 Å². The van der Waals surface area contributed by atoms with Crippen LogP contribution in [0.3, 0.4) is 0 Å². The highest BCUT2D eigenvalue weighted by atomic mass is 15.1. The molecule has 0 bridgehead atoms. The number of benzene rings is 10. The van der Waals surface area contributed by atoms with Crippen LogP contribution in [-0.2, 0) is 0 Å². The molecule has 2 heterocycles. The molecule has 5 heteroatoms. The number of anilines is 4. The summed E-state index contributed by atoms with van der Waals surface area (Å²) in [5.74, 6) is 0. The second-order valence-electron chi connectivity index (χ2n) is 17.0. The van der Waals surface area contributed by atoms with Crippen molar-refractivity contribution in [3.8, 4) is 17.4 Å². The van der Waals surface area contributed by atoms with E-state index in [1.807, 2.05) is 42.5 Å². The summed E-state index contributed by atoms with van der Waals surface area (Å²) >= 11 is 0. The Hall–Kier alpha value is -9.37. The van der Waals surface area contributed by atoms with Gasteiger partial charge in [0.05, 0.1) is 33.7 Å². The van der Waals surface area contributed by atoms with Gasteiger partial charge in [-0.3, -0.25) is 0 Å². The second-order valence-corrected chi connectivity index (χ2v) is 17.0. The Morgan fingerprint density at radius 2 is 0.794 bits per heavy atom. The number of aromatic nitrogens is 2. The predicted molar refractivity (Wildman–Crippen MR) is 285 cm³/mol. The molecule has 12 rings (SSSR count). The van der Waals surface area contributed by atoms with Crippen LogP contribution in [0.15, 0.2) is 249 Å². The van der Waals surface area contributed by atoms with Gasteiger partial charge in [0.2, 0.25) is 0 Å². The number of fused-ring (bicyclic) bond motifs is 7. The Morgan fingerprint density at radius 3 is 1.35 bits per heavy atom. The molecule has 2 aromatic heterocycles. The summed E-state index contributed by atoms with van der Waals surface area (Å²) in [5, 5.41) is 16.7. The van der Waals surface area contributed by atoms with Crippen molar-refractivity contribution in [3.05, 3.63) is 266 Å². The molecule has 320 valence electrons. The van der Waals surface area contributed by atoms with E-state index in [9.17, 15) is 5.26 Å². The largest absolute Gasteiger partial charge is 0.317 e. The van der Waals surface area contributed by atoms with Gasteiger partial charge >= 0.3 is 0 Å². The van der Waals surface area contributed by atoms with E-state index in [4.69, 9.17) is 0 Å². The number of nitrogens with zero attached hydrogens (tertiary/aromatic N) is 5. The highest BCUT2D eigenvalue weighted by Gasteiger charge is 2.17. The number of nitriles is 1. The number of hydrogen-bond acceptors (Lipinski definition) is 3. The van der Waals surface area contributed by atoms with Crippen LogP contribution >= 0.6 is 0 Å². The van der Waals surface area contributed by atoms with Crippen LogP contribution < -0.4 is 9.80 Å². The highest BCUT2D eigenvalue weighted by Crippen LogP contribution is 2.37. The first-order valence-corrected chi connectivity index (χ1v) is 22.9. The lowest BCUT2D eigenvalue weighted by molar-refractivity contribution is 1.13. The van der Waals surface area contributed by atoms with Gasteiger partial charge in [-0.05, 0) is 149 Å². The Morgan fingerprint density at radius 1 is 0.338 bits per heavy atom. The minimum Gasteiger partial charge on any atom is -0.317 e. The van der Waals surface area contributed by atoms with Crippen LogP contribution in [0.2, 0.25) is 0 Å². The van der Waals surface area contributed by atoms with Gasteiger partial charge in [-0.25, -0.2) is 0 Å². The van der Waals surface area contributed by atoms with Crippen molar-refractivity contribution in [1.82, 2.24) is 9.13 Å². The fourth-order valence-electron chi connectivity index (χ4n) is 9.68. The van der Waals surface area contributed by atoms with Crippen LogP contribution in [0.1, 0.15) is 16.7 Å². The zero-order valence-electron chi connectivity index (χ0n) is 37.1. The molecule has 0 radical (unpaired) electrons. The van der Waals surface area contributed by atoms with Gasteiger partial charge in [0.25, 0.3) is 0 Å². The lowest BCUT2D eigenvalue weighted by Gasteiger charge is -2.21. The maximum Gasteiger partial charge on any atom is 0.0991 e. The van der Waals surface area contributed by atoms with Crippen molar-refractivity contribution in [1.29, 1.82) is 5.26 Å². The summed E-state index contributed by atoms with van der Waals surface area (Å²) < 4.78 is 4.79. The fraction of sp³-hybridized carbons (Fsp3) is 0. The van der Waals surface area contributed by atoms with E-state index in [0.717, 1.165) is 67.3 Å². The number of rotatable bonds is 10. The zero-order chi connectivity index (χ0) is 45.4. The monoisotopic (exact) mass is 869 g/mol. The van der Waals surface area contributed by atoms with Crippen molar-refractivity contribution in [3.63, 3.8) is 0 Å². The van der Waals surface area contributed by atoms with Gasteiger partial charge in [0.1, 0.15) is 0 Å². The molecule has 10 aromatic carbocycles. The van der Waals surface area contributed by atoms with E-state index in [-0.39, 0.29) is 0 Å². The molecule has 0 atom stereocenters. The summed E-state index contributed by atoms with van der Waals surface area (Å²) in [6.45, 7) is 0. The predicted octanol–water partition coefficient (Wildman–Crippen LogP) is 16.5. The third-order valence-electron chi connectivity index (χ3n) is 12.9. The lowest BCUT2D eigenvalue weighted by atomic mass is 10.1. The summed E-state index contributed by atoms with van der Waals surface area (Å²) in [6, 6.07) is 85.8. The Bertz CT molecular complexity index is 3930. The van der Waals surface area contributed by atoms with Gasteiger partial charge in [-0.1, -0.05) is 121 Å². The molecule has 0 aliphatic carbocycles. The Kier molecular flexibility index (Phi) is 10.2. The van der Waals surface area contributed by atoms with E-state index >= 15 is 0 Å². The molecule has 0 unspecified atom stereocenters. The molecular weight excluding hydrogens is 827 g/mol. The first-order chi connectivity index (χ1) is 33.7. The molecule has 0 fully saturated rings. The summed E-state index contributed by atoms with van der Waals surface area (Å²) in [5.41, 5.74) is 13.9. The fourth-order valence-corrected chi connectivity index (χ4v) is 9.68. The van der Waals surface area contributed by atoms with E-state index in [1.54, 1.807) is 0 Å². The number of para-hydroxylation sites is 4. The van der Waals surface area contributed by atoms with E-state index in [0.29, 0.717) is 5.56 Å². The van der Waals surface area contributed by atoms with Gasteiger partial charge in [0, 0.05) is 68.1 Å². The molecule has 68 heavy (non-hydrogen) atoms. The maximum atomic E-state index is 9.43. The second kappa shape index (κ2) is 17.2. The Labute approximate surface area is 394 Å².